The van der Waals surface area contributed by atoms with E-state index >= 15 is 0 Å². The van der Waals surface area contributed by atoms with Crippen LogP contribution in [0.2, 0.25) is 0 Å². The second-order valence-electron chi connectivity index (χ2n) is 3.35. The minimum Gasteiger partial charge on any atom is -0.468 e. The lowest BCUT2D eigenvalue weighted by molar-refractivity contribution is -0.147. The maximum Gasteiger partial charge on any atom is 0.325 e. The Bertz CT molecular complexity index is 219. The molecular formula is C10H20N2O3. The third kappa shape index (κ3) is 4.78. The average molecular weight is 216 g/mol. The Labute approximate surface area is 90.6 Å². The molecule has 0 aliphatic rings. The van der Waals surface area contributed by atoms with Gasteiger partial charge in [0, 0.05) is 6.54 Å². The van der Waals surface area contributed by atoms with Crippen molar-refractivity contribution in [3.8, 4) is 0 Å². The Morgan fingerprint density at radius 2 is 2.00 bits per heavy atom. The summed E-state index contributed by atoms with van der Waals surface area (Å²) >= 11 is 0. The van der Waals surface area contributed by atoms with Gasteiger partial charge in [-0.3, -0.25) is 9.59 Å². The van der Waals surface area contributed by atoms with Crippen molar-refractivity contribution in [2.45, 2.75) is 32.7 Å². The minimum atomic E-state index is -0.527. The van der Waals surface area contributed by atoms with E-state index in [2.05, 4.69) is 4.74 Å². The first kappa shape index (κ1) is 13.9. The number of ether oxygens (including phenoxy) is 1. The number of carbonyl (C=O) groups is 2. The number of esters is 1. The van der Waals surface area contributed by atoms with Gasteiger partial charge in [0.1, 0.15) is 6.54 Å². The van der Waals surface area contributed by atoms with E-state index in [9.17, 15) is 9.59 Å². The largest absolute Gasteiger partial charge is 0.468 e. The summed E-state index contributed by atoms with van der Waals surface area (Å²) in [5.74, 6) is -0.607. The van der Waals surface area contributed by atoms with Gasteiger partial charge in [-0.2, -0.15) is 0 Å². The highest BCUT2D eigenvalue weighted by molar-refractivity contribution is 5.85. The summed E-state index contributed by atoms with van der Waals surface area (Å²) in [6, 6.07) is -0.527. The van der Waals surface area contributed by atoms with Gasteiger partial charge in [0.15, 0.2) is 0 Å². The van der Waals surface area contributed by atoms with E-state index in [1.165, 1.54) is 12.0 Å². The van der Waals surface area contributed by atoms with Crippen LogP contribution in [0.5, 0.6) is 0 Å². The van der Waals surface area contributed by atoms with E-state index in [0.717, 1.165) is 6.42 Å². The highest BCUT2D eigenvalue weighted by atomic mass is 16.5. The Morgan fingerprint density at radius 3 is 2.40 bits per heavy atom. The molecule has 0 fully saturated rings. The molecule has 0 rings (SSSR count). The molecule has 0 heterocycles. The summed E-state index contributed by atoms with van der Waals surface area (Å²) in [5, 5.41) is 0. The Hall–Kier alpha value is -1.10. The van der Waals surface area contributed by atoms with Gasteiger partial charge in [0.25, 0.3) is 0 Å². The van der Waals surface area contributed by atoms with Crippen molar-refractivity contribution in [2.75, 3.05) is 20.2 Å². The second kappa shape index (κ2) is 7.23. The Morgan fingerprint density at radius 1 is 1.40 bits per heavy atom. The van der Waals surface area contributed by atoms with Crippen LogP contribution in [0.1, 0.15) is 26.7 Å². The SMILES string of the molecule is CCCN(CC(=O)OC)C(=O)[C@H](N)CC. The third-order valence-corrected chi connectivity index (χ3v) is 2.11. The monoisotopic (exact) mass is 216 g/mol. The molecule has 5 heteroatoms. The van der Waals surface area contributed by atoms with Crippen LogP contribution in [0.15, 0.2) is 0 Å². The van der Waals surface area contributed by atoms with E-state index in [4.69, 9.17) is 5.73 Å². The molecule has 2 N–H and O–H groups in total. The van der Waals surface area contributed by atoms with Crippen molar-refractivity contribution < 1.29 is 14.3 Å². The number of carbonyl (C=O) groups excluding carboxylic acids is 2. The summed E-state index contributed by atoms with van der Waals surface area (Å²) in [5.41, 5.74) is 5.62. The van der Waals surface area contributed by atoms with Crippen molar-refractivity contribution in [1.29, 1.82) is 0 Å². The third-order valence-electron chi connectivity index (χ3n) is 2.11. The van der Waals surface area contributed by atoms with Gasteiger partial charge in [-0.15, -0.1) is 0 Å². The summed E-state index contributed by atoms with van der Waals surface area (Å²) in [6.45, 7) is 4.29. The zero-order chi connectivity index (χ0) is 11.8. The molecule has 0 saturated carbocycles. The summed E-state index contributed by atoms with van der Waals surface area (Å²) in [7, 11) is 1.30. The molecule has 0 aliphatic carbocycles. The van der Waals surface area contributed by atoms with E-state index in [0.29, 0.717) is 13.0 Å². The van der Waals surface area contributed by atoms with Gasteiger partial charge in [0.2, 0.25) is 5.91 Å². The van der Waals surface area contributed by atoms with Crippen molar-refractivity contribution in [3.05, 3.63) is 0 Å². The molecular weight excluding hydrogens is 196 g/mol. The molecule has 15 heavy (non-hydrogen) atoms. The van der Waals surface area contributed by atoms with Crippen molar-refractivity contribution in [2.24, 2.45) is 5.73 Å². The molecule has 0 aromatic rings. The molecule has 0 aromatic carbocycles. The predicted octanol–water partition coefficient (Wildman–Crippen LogP) is 0.135. The molecule has 0 unspecified atom stereocenters. The fraction of sp³-hybridized carbons (Fsp3) is 0.800. The number of nitrogens with two attached hydrogens (primary N) is 1. The number of hydrogen-bond acceptors (Lipinski definition) is 4. The van der Waals surface area contributed by atoms with Gasteiger partial charge < -0.3 is 15.4 Å². The van der Waals surface area contributed by atoms with Gasteiger partial charge in [0.05, 0.1) is 13.2 Å². The van der Waals surface area contributed by atoms with Crippen molar-refractivity contribution in [1.82, 2.24) is 4.90 Å². The predicted molar refractivity (Wildman–Crippen MR) is 57.2 cm³/mol. The van der Waals surface area contributed by atoms with E-state index in [1.807, 2.05) is 13.8 Å². The van der Waals surface area contributed by atoms with Crippen LogP contribution in [-0.2, 0) is 14.3 Å². The van der Waals surface area contributed by atoms with Crippen LogP contribution < -0.4 is 5.73 Å². The molecule has 1 atom stereocenters. The lowest BCUT2D eigenvalue weighted by atomic mass is 10.2. The molecule has 0 radical (unpaired) electrons. The first-order chi connectivity index (χ1) is 7.06. The van der Waals surface area contributed by atoms with Gasteiger partial charge in [-0.1, -0.05) is 13.8 Å². The summed E-state index contributed by atoms with van der Waals surface area (Å²) in [4.78, 5) is 24.2. The van der Waals surface area contributed by atoms with Crippen LogP contribution in [0.25, 0.3) is 0 Å². The highest BCUT2D eigenvalue weighted by Crippen LogP contribution is 1.99. The lowest BCUT2D eigenvalue weighted by Crippen LogP contribution is -2.46. The van der Waals surface area contributed by atoms with Crippen LogP contribution in [0.4, 0.5) is 0 Å². The molecule has 0 aliphatic heterocycles. The number of nitrogens with zero attached hydrogens (tertiary/aromatic N) is 1. The van der Waals surface area contributed by atoms with Gasteiger partial charge in [-0.25, -0.2) is 0 Å². The van der Waals surface area contributed by atoms with Crippen molar-refractivity contribution >= 4 is 11.9 Å². The first-order valence-corrected chi connectivity index (χ1v) is 5.17. The van der Waals surface area contributed by atoms with Gasteiger partial charge in [-0.05, 0) is 12.8 Å². The molecule has 1 amide bonds. The fourth-order valence-corrected chi connectivity index (χ4v) is 1.17. The molecule has 5 nitrogen and oxygen atoms in total. The van der Waals surface area contributed by atoms with Gasteiger partial charge >= 0.3 is 5.97 Å². The van der Waals surface area contributed by atoms with Crippen LogP contribution in [0, 0.1) is 0 Å². The smallest absolute Gasteiger partial charge is 0.325 e. The Balaban J connectivity index is 4.37. The zero-order valence-electron chi connectivity index (χ0n) is 9.66. The van der Waals surface area contributed by atoms with Crippen LogP contribution in [-0.4, -0.2) is 43.0 Å². The van der Waals surface area contributed by atoms with Crippen LogP contribution in [0.3, 0.4) is 0 Å². The number of amides is 1. The molecule has 0 spiro atoms. The number of methoxy groups -OCH3 is 1. The van der Waals surface area contributed by atoms with Crippen molar-refractivity contribution in [3.63, 3.8) is 0 Å². The normalized spacial score (nSPS) is 12.0. The number of rotatable bonds is 6. The fourth-order valence-electron chi connectivity index (χ4n) is 1.17. The molecule has 0 bridgehead atoms. The lowest BCUT2D eigenvalue weighted by Gasteiger charge is -2.23. The zero-order valence-corrected chi connectivity index (χ0v) is 9.66. The quantitative estimate of drug-likeness (QED) is 0.641. The minimum absolute atomic E-state index is 0.0170. The number of hydrogen-bond donors (Lipinski definition) is 1. The first-order valence-electron chi connectivity index (χ1n) is 5.17. The average Bonchev–Trinajstić information content (AvgIpc) is 2.26. The molecule has 88 valence electrons. The van der Waals surface area contributed by atoms with E-state index < -0.39 is 12.0 Å². The topological polar surface area (TPSA) is 72.6 Å². The summed E-state index contributed by atoms with van der Waals surface area (Å²) < 4.78 is 4.52. The highest BCUT2D eigenvalue weighted by Gasteiger charge is 2.21. The Kier molecular flexibility index (Phi) is 6.70. The molecule has 0 saturated heterocycles. The maximum absolute atomic E-state index is 11.7. The van der Waals surface area contributed by atoms with E-state index in [-0.39, 0.29) is 12.5 Å². The van der Waals surface area contributed by atoms with E-state index in [1.54, 1.807) is 0 Å². The standard InChI is InChI=1S/C10H20N2O3/c1-4-6-12(7-9(13)15-3)10(14)8(11)5-2/h8H,4-7,11H2,1-3H3/t8-/m1/s1. The maximum atomic E-state index is 11.7. The molecule has 0 aromatic heterocycles. The summed E-state index contributed by atoms with van der Waals surface area (Å²) in [6.07, 6.45) is 1.36. The second-order valence-corrected chi connectivity index (χ2v) is 3.35. The van der Waals surface area contributed by atoms with Crippen LogP contribution >= 0.6 is 0 Å².